The second kappa shape index (κ2) is 11.4. The van der Waals surface area contributed by atoms with Crippen LogP contribution in [0.5, 0.6) is 0 Å². The summed E-state index contributed by atoms with van der Waals surface area (Å²) in [5.41, 5.74) is 4.27. The number of aromatic nitrogens is 2. The highest BCUT2D eigenvalue weighted by Crippen LogP contribution is 2.32. The van der Waals surface area contributed by atoms with Crippen LogP contribution < -0.4 is 10.7 Å². The molecule has 8 nitrogen and oxygen atoms in total. The molecule has 9 heteroatoms. The van der Waals surface area contributed by atoms with Crippen LogP contribution in [-0.2, 0) is 11.3 Å². The quantitative estimate of drug-likeness (QED) is 0.300. The molecule has 0 atom stereocenters. The minimum atomic E-state index is -0.334. The summed E-state index contributed by atoms with van der Waals surface area (Å²) < 4.78 is 2.97. The van der Waals surface area contributed by atoms with Crippen LogP contribution in [0.25, 0.3) is 37.3 Å². The van der Waals surface area contributed by atoms with E-state index in [9.17, 15) is 14.4 Å². The molecule has 2 fully saturated rings. The Balaban J connectivity index is 1.31. The van der Waals surface area contributed by atoms with Crippen molar-refractivity contribution in [2.45, 2.75) is 32.2 Å². The number of fused-ring (bicyclic) bond motifs is 5. The SMILES string of the molecule is O=C1CCN(Cc2ccccc2-c2ccc3c(=O)c(C(=O)NCCN4CCCC4)c4sc5ccccc5n4c3n2)CC1. The first kappa shape index (κ1) is 26.9. The lowest BCUT2D eigenvalue weighted by molar-refractivity contribution is -0.121. The standard InChI is InChI=1S/C33H33N5O3S/c39-23-13-18-37(19-14-23)21-22-7-1-2-8-24(22)26-12-11-25-30(40)29(32(41)34-15-20-36-16-5-6-17-36)33-38(31(25)35-26)27-9-3-4-10-28(27)42-33/h1-4,7-12H,5-6,13-21H2,(H,34,41). The number of piperidine rings is 1. The Labute approximate surface area is 247 Å². The van der Waals surface area contributed by atoms with E-state index in [1.807, 2.05) is 52.9 Å². The normalized spacial score (nSPS) is 16.6. The number of pyridine rings is 2. The molecule has 0 spiro atoms. The summed E-state index contributed by atoms with van der Waals surface area (Å²) in [5, 5.41) is 3.45. The third-order valence-electron chi connectivity index (χ3n) is 8.53. The summed E-state index contributed by atoms with van der Waals surface area (Å²) in [4.78, 5) is 49.6. The highest BCUT2D eigenvalue weighted by molar-refractivity contribution is 7.24. The molecule has 0 radical (unpaired) electrons. The smallest absolute Gasteiger partial charge is 0.258 e. The van der Waals surface area contributed by atoms with Gasteiger partial charge in [0.15, 0.2) is 0 Å². The van der Waals surface area contributed by atoms with Crippen molar-refractivity contribution in [1.29, 1.82) is 0 Å². The van der Waals surface area contributed by atoms with Crippen molar-refractivity contribution in [3.05, 3.63) is 82.0 Å². The molecule has 2 aliphatic rings. The van der Waals surface area contributed by atoms with Crippen molar-refractivity contribution in [2.24, 2.45) is 0 Å². The van der Waals surface area contributed by atoms with Gasteiger partial charge in [-0.05, 0) is 55.8 Å². The largest absolute Gasteiger partial charge is 0.351 e. The number of carbonyl (C=O) groups is 2. The summed E-state index contributed by atoms with van der Waals surface area (Å²) in [5.74, 6) is -0.00703. The van der Waals surface area contributed by atoms with Gasteiger partial charge >= 0.3 is 0 Å². The maximum atomic E-state index is 13.9. The van der Waals surface area contributed by atoms with Gasteiger partial charge in [-0.25, -0.2) is 4.98 Å². The van der Waals surface area contributed by atoms with E-state index in [4.69, 9.17) is 4.98 Å². The molecule has 2 aromatic carbocycles. The molecule has 2 saturated heterocycles. The zero-order valence-corrected chi connectivity index (χ0v) is 24.3. The number of benzene rings is 2. The molecule has 5 heterocycles. The van der Waals surface area contributed by atoms with E-state index in [1.165, 1.54) is 24.2 Å². The first-order chi connectivity index (χ1) is 20.6. The van der Waals surface area contributed by atoms with Gasteiger partial charge in [0.25, 0.3) is 5.91 Å². The monoisotopic (exact) mass is 579 g/mol. The summed E-state index contributed by atoms with van der Waals surface area (Å²) in [6.07, 6.45) is 3.58. The maximum Gasteiger partial charge on any atom is 0.258 e. The fraction of sp³-hybridized carbons (Fsp3) is 0.333. The number of ketones is 1. The Morgan fingerprint density at radius 2 is 1.64 bits per heavy atom. The highest BCUT2D eigenvalue weighted by Gasteiger charge is 2.24. The second-order valence-electron chi connectivity index (χ2n) is 11.3. The van der Waals surface area contributed by atoms with Crippen LogP contribution in [0.15, 0.2) is 65.5 Å². The topological polar surface area (TPSA) is 87.0 Å². The lowest BCUT2D eigenvalue weighted by atomic mass is 10.0. The van der Waals surface area contributed by atoms with Crippen LogP contribution in [0.2, 0.25) is 0 Å². The van der Waals surface area contributed by atoms with Gasteiger partial charge in [-0.1, -0.05) is 36.4 Å². The van der Waals surface area contributed by atoms with Crippen molar-refractivity contribution in [3.8, 4) is 11.3 Å². The molecule has 2 aliphatic heterocycles. The van der Waals surface area contributed by atoms with Crippen LogP contribution >= 0.6 is 11.3 Å². The number of hydrogen-bond acceptors (Lipinski definition) is 7. The van der Waals surface area contributed by atoms with Crippen LogP contribution in [0, 0.1) is 0 Å². The number of rotatable bonds is 7. The zero-order chi connectivity index (χ0) is 28.6. The average molecular weight is 580 g/mol. The summed E-state index contributed by atoms with van der Waals surface area (Å²) in [6, 6.07) is 19.9. The van der Waals surface area contributed by atoms with Gasteiger partial charge in [0.2, 0.25) is 5.43 Å². The number of amides is 1. The Hall–Kier alpha value is -3.92. The summed E-state index contributed by atoms with van der Waals surface area (Å²) in [7, 11) is 0. The molecule has 42 heavy (non-hydrogen) atoms. The van der Waals surface area contributed by atoms with Gasteiger partial charge in [0.05, 0.1) is 21.3 Å². The lowest BCUT2D eigenvalue weighted by Crippen LogP contribution is -2.35. The van der Waals surface area contributed by atoms with E-state index in [1.54, 1.807) is 0 Å². The number of para-hydroxylation sites is 1. The fourth-order valence-corrected chi connectivity index (χ4v) is 7.45. The number of carbonyl (C=O) groups excluding carboxylic acids is 2. The number of nitrogens with zero attached hydrogens (tertiary/aromatic N) is 4. The van der Waals surface area contributed by atoms with Crippen LogP contribution in [0.3, 0.4) is 0 Å². The predicted molar refractivity (Wildman–Crippen MR) is 167 cm³/mol. The van der Waals surface area contributed by atoms with Crippen LogP contribution in [-0.4, -0.2) is 70.1 Å². The van der Waals surface area contributed by atoms with Crippen molar-refractivity contribution >= 4 is 49.1 Å². The van der Waals surface area contributed by atoms with E-state index in [2.05, 4.69) is 27.2 Å². The van der Waals surface area contributed by atoms with E-state index in [-0.39, 0.29) is 16.9 Å². The predicted octanol–water partition coefficient (Wildman–Crippen LogP) is 4.72. The summed E-state index contributed by atoms with van der Waals surface area (Å²) in [6.45, 7) is 5.67. The average Bonchev–Trinajstić information content (AvgIpc) is 3.67. The molecule has 0 unspecified atom stereocenters. The van der Waals surface area contributed by atoms with Crippen molar-refractivity contribution in [1.82, 2.24) is 24.5 Å². The van der Waals surface area contributed by atoms with Crippen LogP contribution in [0.4, 0.5) is 0 Å². The van der Waals surface area contributed by atoms with Gasteiger partial charge < -0.3 is 10.2 Å². The second-order valence-corrected chi connectivity index (χ2v) is 12.3. The van der Waals surface area contributed by atoms with Gasteiger partial charge in [-0.3, -0.25) is 23.7 Å². The third kappa shape index (κ3) is 5.02. The summed E-state index contributed by atoms with van der Waals surface area (Å²) >= 11 is 1.45. The molecule has 0 saturated carbocycles. The van der Waals surface area contributed by atoms with Crippen molar-refractivity contribution in [3.63, 3.8) is 0 Å². The Kier molecular flexibility index (Phi) is 7.31. The molecule has 5 aromatic rings. The van der Waals surface area contributed by atoms with E-state index >= 15 is 0 Å². The molecule has 214 valence electrons. The maximum absolute atomic E-state index is 13.9. The number of hydrogen-bond donors (Lipinski definition) is 1. The van der Waals surface area contributed by atoms with E-state index < -0.39 is 0 Å². The third-order valence-corrected chi connectivity index (χ3v) is 9.67. The Morgan fingerprint density at radius 3 is 2.48 bits per heavy atom. The molecule has 1 amide bonds. The fourth-order valence-electron chi connectivity index (χ4n) is 6.27. The minimum absolute atomic E-state index is 0.180. The molecule has 3 aromatic heterocycles. The lowest BCUT2D eigenvalue weighted by Gasteiger charge is -2.26. The van der Waals surface area contributed by atoms with Crippen LogP contribution in [0.1, 0.15) is 41.6 Å². The Bertz CT molecular complexity index is 1880. The molecular formula is C33H33N5O3S. The van der Waals surface area contributed by atoms with E-state index in [0.29, 0.717) is 41.0 Å². The van der Waals surface area contributed by atoms with Gasteiger partial charge in [0.1, 0.15) is 21.8 Å². The molecule has 0 bridgehead atoms. The van der Waals surface area contributed by atoms with Crippen molar-refractivity contribution in [2.75, 3.05) is 39.3 Å². The minimum Gasteiger partial charge on any atom is -0.351 e. The first-order valence-corrected chi connectivity index (χ1v) is 15.6. The molecule has 0 aliphatic carbocycles. The van der Waals surface area contributed by atoms with E-state index in [0.717, 1.165) is 66.3 Å². The van der Waals surface area contributed by atoms with Crippen molar-refractivity contribution < 1.29 is 9.59 Å². The first-order valence-electron chi connectivity index (χ1n) is 14.8. The Morgan fingerprint density at radius 1 is 0.881 bits per heavy atom. The number of nitrogens with one attached hydrogen (secondary N) is 1. The number of thiazole rings is 1. The zero-order valence-electron chi connectivity index (χ0n) is 23.5. The molecular weight excluding hydrogens is 546 g/mol. The highest BCUT2D eigenvalue weighted by atomic mass is 32.1. The number of likely N-dealkylation sites (tertiary alicyclic amines) is 2. The molecule has 7 rings (SSSR count). The number of Topliss-reactive ketones (excluding diaryl/α,β-unsaturated/α-hetero) is 1. The van der Waals surface area contributed by atoms with Gasteiger partial charge in [-0.2, -0.15) is 0 Å². The van der Waals surface area contributed by atoms with Gasteiger partial charge in [0, 0.05) is 51.1 Å². The molecule has 1 N–H and O–H groups in total. The van der Waals surface area contributed by atoms with Gasteiger partial charge in [-0.15, -0.1) is 11.3 Å².